The van der Waals surface area contributed by atoms with Crippen molar-refractivity contribution >= 4 is 11.9 Å². The summed E-state index contributed by atoms with van der Waals surface area (Å²) in [6.07, 6.45) is 1.15. The topological polar surface area (TPSA) is 52.6 Å². The highest BCUT2D eigenvalue weighted by Crippen LogP contribution is 2.58. The summed E-state index contributed by atoms with van der Waals surface area (Å²) in [5.74, 6) is -1.41. The Bertz CT molecular complexity index is 783. The van der Waals surface area contributed by atoms with Crippen LogP contribution in [0, 0.1) is 11.8 Å². The fraction of sp³-hybridized carbons (Fsp3) is 0.333. The molecule has 0 N–H and O–H groups in total. The van der Waals surface area contributed by atoms with E-state index in [1.54, 1.807) is 0 Å². The predicted octanol–water partition coefficient (Wildman–Crippen LogP) is 2.66. The number of rotatable bonds is 2. The van der Waals surface area contributed by atoms with Crippen LogP contribution in [0.2, 0.25) is 0 Å². The molecule has 0 radical (unpaired) electrons. The second-order valence-electron chi connectivity index (χ2n) is 6.74. The van der Waals surface area contributed by atoms with Crippen LogP contribution in [0.25, 0.3) is 0 Å². The molecule has 2 aromatic rings. The first-order valence-electron chi connectivity index (χ1n) is 8.47. The SMILES string of the molecule is COC(=O)[C@H]1Cc2ccccc2C12c1ccccc1C[C@@H]2C(=O)OC. The van der Waals surface area contributed by atoms with E-state index in [0.717, 1.165) is 22.3 Å². The minimum Gasteiger partial charge on any atom is -0.469 e. The van der Waals surface area contributed by atoms with E-state index in [9.17, 15) is 9.59 Å². The molecule has 0 saturated heterocycles. The van der Waals surface area contributed by atoms with Crippen LogP contribution in [-0.2, 0) is 37.3 Å². The Labute approximate surface area is 146 Å². The third kappa shape index (κ3) is 2.00. The third-order valence-electron chi connectivity index (χ3n) is 5.84. The van der Waals surface area contributed by atoms with Crippen LogP contribution in [-0.4, -0.2) is 26.2 Å². The van der Waals surface area contributed by atoms with Crippen molar-refractivity contribution in [3.8, 4) is 0 Å². The lowest BCUT2D eigenvalue weighted by molar-refractivity contribution is -0.152. The summed E-state index contributed by atoms with van der Waals surface area (Å²) in [5, 5.41) is 0. The van der Waals surface area contributed by atoms with Gasteiger partial charge in [0.1, 0.15) is 0 Å². The van der Waals surface area contributed by atoms with Crippen LogP contribution >= 0.6 is 0 Å². The molecule has 4 nitrogen and oxygen atoms in total. The maximum atomic E-state index is 12.7. The molecule has 2 atom stereocenters. The van der Waals surface area contributed by atoms with E-state index in [0.29, 0.717) is 12.8 Å². The summed E-state index contributed by atoms with van der Waals surface area (Å²) in [5.41, 5.74) is 3.58. The number of fused-ring (bicyclic) bond motifs is 4. The van der Waals surface area contributed by atoms with Gasteiger partial charge >= 0.3 is 11.9 Å². The van der Waals surface area contributed by atoms with E-state index in [4.69, 9.17) is 9.47 Å². The highest BCUT2D eigenvalue weighted by molar-refractivity contribution is 5.86. The van der Waals surface area contributed by atoms with E-state index in [2.05, 4.69) is 0 Å². The Morgan fingerprint density at radius 1 is 0.800 bits per heavy atom. The molecule has 4 rings (SSSR count). The quantitative estimate of drug-likeness (QED) is 0.791. The Kier molecular flexibility index (Phi) is 3.64. The number of carbonyl (C=O) groups is 2. The molecule has 4 heteroatoms. The molecule has 0 heterocycles. The van der Waals surface area contributed by atoms with Crippen LogP contribution in [0.4, 0.5) is 0 Å². The van der Waals surface area contributed by atoms with Gasteiger partial charge in [-0.3, -0.25) is 9.59 Å². The van der Waals surface area contributed by atoms with Gasteiger partial charge in [-0.2, -0.15) is 0 Å². The average molecular weight is 336 g/mol. The lowest BCUT2D eigenvalue weighted by Crippen LogP contribution is -2.45. The van der Waals surface area contributed by atoms with Gasteiger partial charge in [0.15, 0.2) is 0 Å². The average Bonchev–Trinajstić information content (AvgIpc) is 3.18. The van der Waals surface area contributed by atoms with Crippen LogP contribution in [0.3, 0.4) is 0 Å². The number of hydrogen-bond donors (Lipinski definition) is 0. The molecule has 0 bridgehead atoms. The van der Waals surface area contributed by atoms with Crippen molar-refractivity contribution in [2.75, 3.05) is 14.2 Å². The summed E-state index contributed by atoms with van der Waals surface area (Å²) in [6, 6.07) is 16.0. The fourth-order valence-corrected chi connectivity index (χ4v) is 4.93. The Morgan fingerprint density at radius 3 is 1.60 bits per heavy atom. The minimum atomic E-state index is -0.715. The van der Waals surface area contributed by atoms with E-state index < -0.39 is 17.3 Å². The van der Waals surface area contributed by atoms with Gasteiger partial charge in [0.05, 0.1) is 26.1 Å². The number of ether oxygens (including phenoxy) is 2. The van der Waals surface area contributed by atoms with Crippen molar-refractivity contribution in [2.24, 2.45) is 11.8 Å². The van der Waals surface area contributed by atoms with Gasteiger partial charge in [-0.1, -0.05) is 48.5 Å². The van der Waals surface area contributed by atoms with E-state index >= 15 is 0 Å². The molecule has 2 aliphatic rings. The minimum absolute atomic E-state index is 0.276. The van der Waals surface area contributed by atoms with Crippen molar-refractivity contribution in [1.82, 2.24) is 0 Å². The molecule has 0 amide bonds. The fourth-order valence-electron chi connectivity index (χ4n) is 4.93. The number of esters is 2. The second-order valence-corrected chi connectivity index (χ2v) is 6.74. The molecule has 2 aromatic carbocycles. The van der Waals surface area contributed by atoms with Crippen molar-refractivity contribution in [1.29, 1.82) is 0 Å². The zero-order valence-corrected chi connectivity index (χ0v) is 14.3. The van der Waals surface area contributed by atoms with Gasteiger partial charge in [0.2, 0.25) is 0 Å². The summed E-state index contributed by atoms with van der Waals surface area (Å²) < 4.78 is 10.3. The number of hydrogen-bond acceptors (Lipinski definition) is 4. The number of methoxy groups -OCH3 is 2. The van der Waals surface area contributed by atoms with Gasteiger partial charge in [-0.25, -0.2) is 0 Å². The lowest BCUT2D eigenvalue weighted by atomic mass is 9.65. The molecule has 1 spiro atoms. The molecule has 0 aromatic heterocycles. The first-order chi connectivity index (χ1) is 12.1. The smallest absolute Gasteiger partial charge is 0.310 e. The molecule has 2 aliphatic carbocycles. The standard InChI is InChI=1S/C21H20O4/c1-24-19(22)17-11-13-7-3-5-9-15(13)21(17)16-10-6-4-8-14(16)12-18(21)20(23)25-2/h3-10,17-18H,11-12H2,1-2H3/t17-,18-,21?/m1/s1. The zero-order chi connectivity index (χ0) is 17.6. The van der Waals surface area contributed by atoms with Crippen LogP contribution in [0.1, 0.15) is 22.3 Å². The lowest BCUT2D eigenvalue weighted by Gasteiger charge is -2.36. The summed E-state index contributed by atoms with van der Waals surface area (Å²) in [4.78, 5) is 25.5. The summed E-state index contributed by atoms with van der Waals surface area (Å²) in [7, 11) is 2.82. The van der Waals surface area contributed by atoms with Crippen LogP contribution in [0.5, 0.6) is 0 Å². The largest absolute Gasteiger partial charge is 0.469 e. The van der Waals surface area contributed by atoms with Gasteiger partial charge in [0.25, 0.3) is 0 Å². The first-order valence-corrected chi connectivity index (χ1v) is 8.47. The third-order valence-corrected chi connectivity index (χ3v) is 5.84. The highest BCUT2D eigenvalue weighted by atomic mass is 16.5. The van der Waals surface area contributed by atoms with Crippen molar-refractivity contribution < 1.29 is 19.1 Å². The maximum Gasteiger partial charge on any atom is 0.310 e. The van der Waals surface area contributed by atoms with Gasteiger partial charge in [-0.15, -0.1) is 0 Å². The van der Waals surface area contributed by atoms with Crippen LogP contribution < -0.4 is 0 Å². The highest BCUT2D eigenvalue weighted by Gasteiger charge is 2.62. The molecular formula is C21H20O4. The molecule has 25 heavy (non-hydrogen) atoms. The molecule has 0 aliphatic heterocycles. The summed E-state index contributed by atoms with van der Waals surface area (Å²) in [6.45, 7) is 0. The molecule has 0 fully saturated rings. The van der Waals surface area contributed by atoms with Crippen molar-refractivity contribution in [3.63, 3.8) is 0 Å². The van der Waals surface area contributed by atoms with Gasteiger partial charge < -0.3 is 9.47 Å². The Hall–Kier alpha value is -2.62. The molecule has 0 saturated carbocycles. The Balaban J connectivity index is 2.04. The summed E-state index contributed by atoms with van der Waals surface area (Å²) >= 11 is 0. The van der Waals surface area contributed by atoms with Gasteiger partial charge in [-0.05, 0) is 35.1 Å². The van der Waals surface area contributed by atoms with Crippen molar-refractivity contribution in [2.45, 2.75) is 18.3 Å². The van der Waals surface area contributed by atoms with Gasteiger partial charge in [0, 0.05) is 5.41 Å². The second kappa shape index (κ2) is 5.73. The number of benzene rings is 2. The van der Waals surface area contributed by atoms with E-state index in [1.807, 2.05) is 48.5 Å². The Morgan fingerprint density at radius 2 is 1.20 bits per heavy atom. The number of carbonyl (C=O) groups excluding carboxylic acids is 2. The zero-order valence-electron chi connectivity index (χ0n) is 14.3. The maximum absolute atomic E-state index is 12.7. The molecular weight excluding hydrogens is 316 g/mol. The molecule has 0 unspecified atom stereocenters. The molecule has 128 valence electrons. The van der Waals surface area contributed by atoms with E-state index in [1.165, 1.54) is 14.2 Å². The normalized spacial score (nSPS) is 22.3. The first kappa shape index (κ1) is 15.9. The van der Waals surface area contributed by atoms with Crippen molar-refractivity contribution in [3.05, 3.63) is 70.8 Å². The van der Waals surface area contributed by atoms with E-state index in [-0.39, 0.29) is 11.9 Å². The predicted molar refractivity (Wildman–Crippen MR) is 92.1 cm³/mol. The van der Waals surface area contributed by atoms with Crippen LogP contribution in [0.15, 0.2) is 48.5 Å². The monoisotopic (exact) mass is 336 g/mol.